The maximum Gasteiger partial charge on any atom is 0.175 e. The lowest BCUT2D eigenvalue weighted by Gasteiger charge is -2.12. The van der Waals surface area contributed by atoms with Crippen molar-refractivity contribution in [3.63, 3.8) is 0 Å². The summed E-state index contributed by atoms with van der Waals surface area (Å²) in [5, 5.41) is 11.5. The van der Waals surface area contributed by atoms with Crippen molar-refractivity contribution < 1.29 is 4.74 Å². The highest BCUT2D eigenvalue weighted by Crippen LogP contribution is 2.21. The van der Waals surface area contributed by atoms with Gasteiger partial charge in [0.2, 0.25) is 0 Å². The van der Waals surface area contributed by atoms with Crippen molar-refractivity contribution in [1.82, 2.24) is 9.78 Å². The number of methoxy groups -OCH3 is 1. The third kappa shape index (κ3) is 4.87. The Balaban J connectivity index is 1.65. The molecule has 0 saturated heterocycles. The number of aryl methyl sites for hydroxylation is 1. The van der Waals surface area contributed by atoms with E-state index in [0.29, 0.717) is 11.7 Å². The molecule has 0 bridgehead atoms. The smallest absolute Gasteiger partial charge is 0.175 e. The summed E-state index contributed by atoms with van der Waals surface area (Å²) in [7, 11) is 1.65. The van der Waals surface area contributed by atoms with E-state index in [1.165, 1.54) is 0 Å². The molecule has 2 N–H and O–H groups in total. The van der Waals surface area contributed by atoms with Crippen LogP contribution >= 0.6 is 28.1 Å². The van der Waals surface area contributed by atoms with Gasteiger partial charge in [0.05, 0.1) is 29.5 Å². The molecule has 0 radical (unpaired) electrons. The van der Waals surface area contributed by atoms with Crippen molar-refractivity contribution in [2.45, 2.75) is 20.4 Å². The summed E-state index contributed by atoms with van der Waals surface area (Å²) in [4.78, 5) is 0. The van der Waals surface area contributed by atoms with Gasteiger partial charge in [-0.15, -0.1) is 0 Å². The van der Waals surface area contributed by atoms with E-state index in [1.807, 2.05) is 48.0 Å². The van der Waals surface area contributed by atoms with E-state index in [4.69, 9.17) is 17.0 Å². The molecule has 0 aliphatic rings. The zero-order valence-electron chi connectivity index (χ0n) is 15.4. The van der Waals surface area contributed by atoms with Gasteiger partial charge in [-0.2, -0.15) is 5.10 Å². The molecule has 1 aromatic heterocycles. The third-order valence-electron chi connectivity index (χ3n) is 4.16. The fraction of sp³-hybridized carbons (Fsp3) is 0.200. The summed E-state index contributed by atoms with van der Waals surface area (Å²) in [6.45, 7) is 4.75. The first-order chi connectivity index (χ1) is 13.0. The van der Waals surface area contributed by atoms with E-state index in [0.717, 1.165) is 38.5 Å². The highest BCUT2D eigenvalue weighted by atomic mass is 79.9. The van der Waals surface area contributed by atoms with Crippen LogP contribution in [0.15, 0.2) is 53.0 Å². The zero-order valence-corrected chi connectivity index (χ0v) is 17.8. The molecule has 140 valence electrons. The molecule has 0 atom stereocenters. The molecule has 3 aromatic rings. The highest BCUT2D eigenvalue weighted by Gasteiger charge is 2.09. The van der Waals surface area contributed by atoms with Gasteiger partial charge < -0.3 is 15.4 Å². The molecule has 3 rings (SSSR count). The van der Waals surface area contributed by atoms with E-state index < -0.39 is 0 Å². The minimum absolute atomic E-state index is 0.533. The monoisotopic (exact) mass is 444 g/mol. The number of nitrogens with zero attached hydrogens (tertiary/aromatic N) is 2. The van der Waals surface area contributed by atoms with Crippen LogP contribution in [0.2, 0.25) is 0 Å². The topological polar surface area (TPSA) is 51.1 Å². The molecule has 0 aliphatic carbocycles. The number of hydrogen-bond acceptors (Lipinski definition) is 3. The number of nitrogens with one attached hydrogen (secondary N) is 2. The predicted molar refractivity (Wildman–Crippen MR) is 118 cm³/mol. The number of rotatable bonds is 5. The van der Waals surface area contributed by atoms with Gasteiger partial charge in [0.25, 0.3) is 0 Å². The minimum Gasteiger partial charge on any atom is -0.497 e. The first kappa shape index (κ1) is 19.4. The van der Waals surface area contributed by atoms with Gasteiger partial charge in [0.1, 0.15) is 5.75 Å². The van der Waals surface area contributed by atoms with Gasteiger partial charge in [-0.25, -0.2) is 0 Å². The average molecular weight is 445 g/mol. The highest BCUT2D eigenvalue weighted by molar-refractivity contribution is 9.10. The molecule has 27 heavy (non-hydrogen) atoms. The minimum atomic E-state index is 0.533. The zero-order chi connectivity index (χ0) is 19.4. The molecule has 0 amide bonds. The van der Waals surface area contributed by atoms with Crippen LogP contribution in [-0.4, -0.2) is 22.0 Å². The van der Waals surface area contributed by atoms with Gasteiger partial charge in [0, 0.05) is 11.4 Å². The average Bonchev–Trinajstić information content (AvgIpc) is 2.89. The molecule has 0 aliphatic heterocycles. The van der Waals surface area contributed by atoms with Crippen LogP contribution in [0, 0.1) is 13.8 Å². The Kier molecular flexibility index (Phi) is 6.13. The fourth-order valence-corrected chi connectivity index (χ4v) is 3.24. The van der Waals surface area contributed by atoms with Crippen molar-refractivity contribution in [3.05, 3.63) is 70.0 Å². The van der Waals surface area contributed by atoms with Gasteiger partial charge in [-0.3, -0.25) is 4.68 Å². The largest absolute Gasteiger partial charge is 0.497 e. The van der Waals surface area contributed by atoms with Crippen molar-refractivity contribution in [1.29, 1.82) is 0 Å². The molecule has 2 aromatic carbocycles. The SMILES string of the molecule is COc1ccc(NC(=S)Nc2cccc(Cn3nc(C)c(Br)c3C)c2)cc1. The number of ether oxygens (including phenoxy) is 1. The quantitative estimate of drug-likeness (QED) is 0.534. The van der Waals surface area contributed by atoms with Crippen molar-refractivity contribution in [2.24, 2.45) is 0 Å². The van der Waals surface area contributed by atoms with Gasteiger partial charge in [-0.1, -0.05) is 12.1 Å². The molecule has 5 nitrogen and oxygen atoms in total. The summed E-state index contributed by atoms with van der Waals surface area (Å²) >= 11 is 8.99. The summed E-state index contributed by atoms with van der Waals surface area (Å²) in [5.74, 6) is 0.808. The lowest BCUT2D eigenvalue weighted by atomic mass is 10.2. The maximum absolute atomic E-state index is 5.42. The third-order valence-corrected chi connectivity index (χ3v) is 5.51. The molecule has 7 heteroatoms. The molecule has 0 spiro atoms. The summed E-state index contributed by atoms with van der Waals surface area (Å²) < 4.78 is 8.21. The van der Waals surface area contributed by atoms with Gasteiger partial charge in [-0.05, 0) is 84.0 Å². The van der Waals surface area contributed by atoms with Crippen LogP contribution < -0.4 is 15.4 Å². The molecule has 0 saturated carbocycles. The summed E-state index contributed by atoms with van der Waals surface area (Å²) in [6, 6.07) is 15.8. The second kappa shape index (κ2) is 8.54. The fourth-order valence-electron chi connectivity index (χ4n) is 2.72. The standard InChI is InChI=1S/C20H21BrN4OS/c1-13-19(21)14(2)25(24-13)12-15-5-4-6-17(11-15)23-20(27)22-16-7-9-18(26-3)10-8-16/h4-11H,12H2,1-3H3,(H2,22,23,27). The second-order valence-electron chi connectivity index (χ2n) is 6.15. The Bertz CT molecular complexity index is 953. The lowest BCUT2D eigenvalue weighted by Crippen LogP contribution is -2.19. The van der Waals surface area contributed by atoms with Crippen LogP contribution in [0.4, 0.5) is 11.4 Å². The number of halogens is 1. The normalized spacial score (nSPS) is 10.5. The summed E-state index contributed by atoms with van der Waals surface area (Å²) in [6.07, 6.45) is 0. The Hall–Kier alpha value is -2.38. The molecule has 0 unspecified atom stereocenters. The van der Waals surface area contributed by atoms with E-state index in [2.05, 4.69) is 50.7 Å². The first-order valence-electron chi connectivity index (χ1n) is 8.47. The first-order valence-corrected chi connectivity index (χ1v) is 9.67. The van der Waals surface area contributed by atoms with E-state index in [-0.39, 0.29) is 0 Å². The molecule has 1 heterocycles. The van der Waals surface area contributed by atoms with E-state index >= 15 is 0 Å². The number of benzene rings is 2. The number of anilines is 2. The van der Waals surface area contributed by atoms with E-state index in [9.17, 15) is 0 Å². The van der Waals surface area contributed by atoms with Crippen LogP contribution in [-0.2, 0) is 6.54 Å². The van der Waals surface area contributed by atoms with Crippen molar-refractivity contribution in [3.8, 4) is 5.75 Å². The van der Waals surface area contributed by atoms with Crippen molar-refractivity contribution in [2.75, 3.05) is 17.7 Å². The molecular weight excluding hydrogens is 424 g/mol. The second-order valence-corrected chi connectivity index (χ2v) is 7.35. The maximum atomic E-state index is 5.42. The van der Waals surface area contributed by atoms with Crippen LogP contribution in [0.3, 0.4) is 0 Å². The van der Waals surface area contributed by atoms with Crippen LogP contribution in [0.1, 0.15) is 17.0 Å². The molecular formula is C20H21BrN4OS. The number of aromatic nitrogens is 2. The van der Waals surface area contributed by atoms with Gasteiger partial charge in [0.15, 0.2) is 5.11 Å². The van der Waals surface area contributed by atoms with Crippen LogP contribution in [0.25, 0.3) is 0 Å². The predicted octanol–water partition coefficient (Wildman–Crippen LogP) is 5.13. The Morgan fingerprint density at radius 2 is 1.81 bits per heavy atom. The Labute approximate surface area is 172 Å². The summed E-state index contributed by atoms with van der Waals surface area (Å²) in [5.41, 5.74) is 5.08. The van der Waals surface area contributed by atoms with Crippen LogP contribution in [0.5, 0.6) is 5.75 Å². The molecule has 0 fully saturated rings. The Morgan fingerprint density at radius 1 is 1.11 bits per heavy atom. The van der Waals surface area contributed by atoms with Crippen molar-refractivity contribution >= 4 is 44.6 Å². The Morgan fingerprint density at radius 3 is 2.44 bits per heavy atom. The van der Waals surface area contributed by atoms with E-state index in [1.54, 1.807) is 7.11 Å². The number of thiocarbonyl (C=S) groups is 1. The number of hydrogen-bond donors (Lipinski definition) is 2. The lowest BCUT2D eigenvalue weighted by molar-refractivity contribution is 0.415. The van der Waals surface area contributed by atoms with Gasteiger partial charge >= 0.3 is 0 Å².